The maximum absolute atomic E-state index is 13.4. The molecule has 0 saturated carbocycles. The van der Waals surface area contributed by atoms with Crippen LogP contribution in [0.3, 0.4) is 0 Å². The second kappa shape index (κ2) is 7.68. The molecular formula is C22H22F2N6. The third kappa shape index (κ3) is 3.52. The summed E-state index contributed by atoms with van der Waals surface area (Å²) in [5, 5.41) is 6.53. The van der Waals surface area contributed by atoms with Gasteiger partial charge in [0.05, 0.1) is 11.4 Å². The third-order valence-corrected chi connectivity index (χ3v) is 6.02. The molecule has 1 fully saturated rings. The van der Waals surface area contributed by atoms with Gasteiger partial charge < -0.3 is 0 Å². The Morgan fingerprint density at radius 3 is 2.80 bits per heavy atom. The van der Waals surface area contributed by atoms with Gasteiger partial charge in [-0.2, -0.15) is 10.1 Å². The highest BCUT2D eigenvalue weighted by atomic mass is 19.3. The summed E-state index contributed by atoms with van der Waals surface area (Å²) in [7, 11) is 0. The van der Waals surface area contributed by atoms with Gasteiger partial charge in [-0.1, -0.05) is 31.2 Å². The number of hydrogen-bond acceptors (Lipinski definition) is 5. The summed E-state index contributed by atoms with van der Waals surface area (Å²) in [6, 6.07) is 11.8. The molecule has 0 N–H and O–H groups in total. The average molecular weight is 408 g/mol. The maximum atomic E-state index is 13.4. The minimum absolute atomic E-state index is 0.0592. The molecule has 6 nitrogen and oxygen atoms in total. The number of piperidine rings is 1. The van der Waals surface area contributed by atoms with E-state index >= 15 is 0 Å². The smallest absolute Gasteiger partial charge is 0.280 e. The Morgan fingerprint density at radius 2 is 1.97 bits per heavy atom. The van der Waals surface area contributed by atoms with Gasteiger partial charge >= 0.3 is 0 Å². The molecule has 4 aromatic rings. The Hall–Kier alpha value is -3.00. The normalized spacial score (nSPS) is 20.4. The van der Waals surface area contributed by atoms with Gasteiger partial charge in [-0.25, -0.2) is 18.3 Å². The van der Waals surface area contributed by atoms with E-state index in [0.717, 1.165) is 42.8 Å². The van der Waals surface area contributed by atoms with E-state index in [0.29, 0.717) is 5.92 Å². The van der Waals surface area contributed by atoms with Crippen molar-refractivity contribution in [2.75, 3.05) is 13.1 Å². The fourth-order valence-electron chi connectivity index (χ4n) is 4.34. The molecule has 0 bridgehead atoms. The number of alkyl halides is 2. The summed E-state index contributed by atoms with van der Waals surface area (Å²) in [4.78, 5) is 14.9. The van der Waals surface area contributed by atoms with E-state index in [4.69, 9.17) is 0 Å². The van der Waals surface area contributed by atoms with Crippen LogP contribution < -0.4 is 0 Å². The minimum atomic E-state index is -2.64. The predicted molar refractivity (Wildman–Crippen MR) is 109 cm³/mol. The average Bonchev–Trinajstić information content (AvgIpc) is 3.23. The summed E-state index contributed by atoms with van der Waals surface area (Å²) in [5.74, 6) is 0.623. The van der Waals surface area contributed by atoms with Crippen molar-refractivity contribution >= 4 is 16.6 Å². The number of likely N-dealkylation sites (tertiary alicyclic amines) is 1. The van der Waals surface area contributed by atoms with Crippen molar-refractivity contribution in [3.05, 3.63) is 66.0 Å². The predicted octanol–water partition coefficient (Wildman–Crippen LogP) is 4.24. The fraction of sp³-hybridized carbons (Fsp3) is 0.364. The van der Waals surface area contributed by atoms with E-state index in [-0.39, 0.29) is 17.4 Å². The quantitative estimate of drug-likeness (QED) is 0.506. The Bertz CT molecular complexity index is 1190. The van der Waals surface area contributed by atoms with Gasteiger partial charge in [0.2, 0.25) is 0 Å². The summed E-state index contributed by atoms with van der Waals surface area (Å²) < 4.78 is 28.4. The van der Waals surface area contributed by atoms with Crippen molar-refractivity contribution in [1.82, 2.24) is 29.5 Å². The molecule has 3 aromatic heterocycles. The van der Waals surface area contributed by atoms with Gasteiger partial charge in [-0.05, 0) is 36.4 Å². The molecule has 2 atom stereocenters. The van der Waals surface area contributed by atoms with Crippen molar-refractivity contribution in [3.63, 3.8) is 0 Å². The van der Waals surface area contributed by atoms with Crippen molar-refractivity contribution < 1.29 is 8.78 Å². The third-order valence-electron chi connectivity index (χ3n) is 6.02. The topological polar surface area (TPSA) is 59.2 Å². The molecule has 1 saturated heterocycles. The first kappa shape index (κ1) is 19.0. The van der Waals surface area contributed by atoms with Gasteiger partial charge in [0, 0.05) is 30.6 Å². The van der Waals surface area contributed by atoms with Gasteiger partial charge in [-0.3, -0.25) is 9.88 Å². The summed E-state index contributed by atoms with van der Waals surface area (Å²) >= 11 is 0. The second-order valence-corrected chi connectivity index (χ2v) is 8.01. The second-order valence-electron chi connectivity index (χ2n) is 8.01. The van der Waals surface area contributed by atoms with E-state index in [1.54, 1.807) is 4.52 Å². The number of benzene rings is 1. The monoisotopic (exact) mass is 408 g/mol. The lowest BCUT2D eigenvalue weighted by molar-refractivity contribution is 0.143. The number of fused-ring (bicyclic) bond motifs is 2. The largest absolute Gasteiger partial charge is 0.297 e. The zero-order chi connectivity index (χ0) is 20.7. The van der Waals surface area contributed by atoms with Crippen LogP contribution in [0.1, 0.15) is 42.8 Å². The molecular weight excluding hydrogens is 386 g/mol. The highest BCUT2D eigenvalue weighted by molar-refractivity contribution is 5.81. The lowest BCUT2D eigenvalue weighted by Gasteiger charge is -2.37. The number of aromatic nitrogens is 5. The molecule has 0 unspecified atom stereocenters. The number of hydrogen-bond donors (Lipinski definition) is 0. The van der Waals surface area contributed by atoms with Crippen LogP contribution in [0.25, 0.3) is 16.6 Å². The summed E-state index contributed by atoms with van der Waals surface area (Å²) in [6.07, 6.45) is 1.61. The standard InChI is InChI=1S/C22H22F2N6/c1-14-6-7-29(11-17-8-15-4-2-3-5-16(15)10-25-17)12-18(14)20-9-19(21(23)24)28-22-26-13-27-30(20)22/h2-5,8-10,13-14,18,21H,6-7,11-12H2,1H3/t14-,18-/m1/s1. The first-order valence-electron chi connectivity index (χ1n) is 10.1. The first-order valence-corrected chi connectivity index (χ1v) is 10.1. The van der Waals surface area contributed by atoms with Crippen LogP contribution in [0.2, 0.25) is 0 Å². The zero-order valence-electron chi connectivity index (χ0n) is 16.6. The Balaban J connectivity index is 1.43. The lowest BCUT2D eigenvalue weighted by atomic mass is 9.84. The molecule has 1 aliphatic heterocycles. The molecule has 1 aliphatic rings. The van der Waals surface area contributed by atoms with Gasteiger partial charge in [0.15, 0.2) is 0 Å². The fourth-order valence-corrected chi connectivity index (χ4v) is 4.34. The zero-order valence-corrected chi connectivity index (χ0v) is 16.6. The molecule has 154 valence electrons. The van der Waals surface area contributed by atoms with E-state index in [1.165, 1.54) is 17.8 Å². The number of rotatable bonds is 4. The van der Waals surface area contributed by atoms with Crippen LogP contribution in [-0.4, -0.2) is 42.6 Å². The molecule has 5 rings (SSSR count). The number of nitrogens with zero attached hydrogens (tertiary/aromatic N) is 6. The van der Waals surface area contributed by atoms with Crippen molar-refractivity contribution in [2.24, 2.45) is 5.92 Å². The summed E-state index contributed by atoms with van der Waals surface area (Å²) in [6.45, 7) is 4.58. The van der Waals surface area contributed by atoms with E-state index in [1.807, 2.05) is 18.3 Å². The van der Waals surface area contributed by atoms with E-state index in [9.17, 15) is 8.78 Å². The van der Waals surface area contributed by atoms with Crippen molar-refractivity contribution in [1.29, 1.82) is 0 Å². The number of halogens is 2. The van der Waals surface area contributed by atoms with Crippen LogP contribution >= 0.6 is 0 Å². The SMILES string of the molecule is C[C@@H]1CCN(Cc2cc3ccccc3cn2)C[C@H]1c1cc(C(F)F)nc2ncnn12. The Morgan fingerprint density at radius 1 is 1.13 bits per heavy atom. The Labute approximate surface area is 172 Å². The van der Waals surface area contributed by atoms with Crippen LogP contribution in [0.15, 0.2) is 48.9 Å². The molecule has 1 aromatic carbocycles. The van der Waals surface area contributed by atoms with E-state index < -0.39 is 6.43 Å². The highest BCUT2D eigenvalue weighted by Gasteiger charge is 2.31. The minimum Gasteiger partial charge on any atom is -0.297 e. The van der Waals surface area contributed by atoms with Gasteiger partial charge in [-0.15, -0.1) is 0 Å². The number of pyridine rings is 1. The molecule has 0 radical (unpaired) electrons. The molecule has 4 heterocycles. The molecule has 0 spiro atoms. The first-order chi connectivity index (χ1) is 14.6. The van der Waals surface area contributed by atoms with Crippen LogP contribution in [0.5, 0.6) is 0 Å². The van der Waals surface area contributed by atoms with Crippen molar-refractivity contribution in [3.8, 4) is 0 Å². The molecule has 0 aliphatic carbocycles. The maximum Gasteiger partial charge on any atom is 0.280 e. The molecule has 8 heteroatoms. The van der Waals surface area contributed by atoms with Crippen LogP contribution in [0, 0.1) is 5.92 Å². The summed E-state index contributed by atoms with van der Waals surface area (Å²) in [5.41, 5.74) is 1.51. The molecule has 30 heavy (non-hydrogen) atoms. The molecule has 0 amide bonds. The van der Waals surface area contributed by atoms with Crippen LogP contribution in [0.4, 0.5) is 8.78 Å². The van der Waals surface area contributed by atoms with Crippen molar-refractivity contribution in [2.45, 2.75) is 32.2 Å². The van der Waals surface area contributed by atoms with Crippen LogP contribution in [-0.2, 0) is 6.54 Å². The van der Waals surface area contributed by atoms with Gasteiger partial charge in [0.25, 0.3) is 12.2 Å². The van der Waals surface area contributed by atoms with Gasteiger partial charge in [0.1, 0.15) is 12.0 Å². The van der Waals surface area contributed by atoms with E-state index in [2.05, 4.69) is 50.1 Å². The highest BCUT2D eigenvalue weighted by Crippen LogP contribution is 2.34. The lowest BCUT2D eigenvalue weighted by Crippen LogP contribution is -2.39. The Kier molecular flexibility index (Phi) is 4.86.